The lowest BCUT2D eigenvalue weighted by atomic mass is 10.2. The van der Waals surface area contributed by atoms with E-state index in [1.165, 1.54) is 23.6 Å². The van der Waals surface area contributed by atoms with Gasteiger partial charge in [0.15, 0.2) is 0 Å². The molecule has 0 spiro atoms. The number of rotatable bonds is 0. The van der Waals surface area contributed by atoms with Crippen molar-refractivity contribution in [3.63, 3.8) is 0 Å². The second-order valence-corrected chi connectivity index (χ2v) is 3.39. The highest BCUT2D eigenvalue weighted by molar-refractivity contribution is 7.16. The topological polar surface area (TPSA) is 12.9 Å². The average molecular weight is 203 g/mol. The molecule has 0 radical (unpaired) electrons. The van der Waals surface area contributed by atoms with E-state index in [0.717, 1.165) is 6.07 Å². The molecule has 0 fully saturated rings. The lowest BCUT2D eigenvalue weighted by Gasteiger charge is -2.06. The van der Waals surface area contributed by atoms with E-state index in [2.05, 4.69) is 4.98 Å². The quantitative estimate of drug-likeness (QED) is 0.640. The van der Waals surface area contributed by atoms with Crippen LogP contribution in [0, 0.1) is 0 Å². The van der Waals surface area contributed by atoms with Gasteiger partial charge in [-0.15, -0.1) is 11.3 Å². The fraction of sp³-hybridized carbons (Fsp3) is 0.125. The van der Waals surface area contributed by atoms with Gasteiger partial charge in [-0.05, 0) is 17.5 Å². The Hall–Kier alpha value is -1.10. The summed E-state index contributed by atoms with van der Waals surface area (Å²) in [7, 11) is 0. The predicted octanol–water partition coefficient (Wildman–Crippen LogP) is 3.32. The molecule has 0 saturated heterocycles. The maximum atomic E-state index is 12.4. The minimum absolute atomic E-state index is 0.181. The van der Waals surface area contributed by atoms with Crippen molar-refractivity contribution in [1.29, 1.82) is 0 Å². The predicted molar refractivity (Wildman–Crippen MR) is 44.6 cm³/mol. The third-order valence-electron chi connectivity index (χ3n) is 1.67. The van der Waals surface area contributed by atoms with Crippen LogP contribution in [0.4, 0.5) is 13.2 Å². The van der Waals surface area contributed by atoms with Gasteiger partial charge < -0.3 is 0 Å². The van der Waals surface area contributed by atoms with Crippen molar-refractivity contribution < 1.29 is 13.2 Å². The largest absolute Gasteiger partial charge is 0.417 e. The summed E-state index contributed by atoms with van der Waals surface area (Å²) in [5, 5.41) is 1.78. The van der Waals surface area contributed by atoms with Gasteiger partial charge in [-0.1, -0.05) is 0 Å². The summed E-state index contributed by atoms with van der Waals surface area (Å²) < 4.78 is 37.1. The number of halogens is 3. The van der Waals surface area contributed by atoms with Crippen LogP contribution in [-0.2, 0) is 6.18 Å². The van der Waals surface area contributed by atoms with Crippen LogP contribution in [0.25, 0.3) is 10.2 Å². The van der Waals surface area contributed by atoms with Gasteiger partial charge in [-0.3, -0.25) is 0 Å². The van der Waals surface area contributed by atoms with Crippen molar-refractivity contribution >= 4 is 21.6 Å². The molecule has 0 aliphatic rings. The smallest absolute Gasteiger partial charge is 0.245 e. The minimum Gasteiger partial charge on any atom is -0.245 e. The molecule has 1 nitrogen and oxygen atoms in total. The summed E-state index contributed by atoms with van der Waals surface area (Å²) in [6, 6.07) is 2.44. The molecule has 0 amide bonds. The summed E-state index contributed by atoms with van der Waals surface area (Å²) in [5.41, 5.74) is -0.612. The van der Waals surface area contributed by atoms with Crippen LogP contribution in [0.2, 0.25) is 0 Å². The monoisotopic (exact) mass is 203 g/mol. The zero-order chi connectivity index (χ0) is 9.47. The second-order valence-electron chi connectivity index (χ2n) is 2.50. The fourth-order valence-corrected chi connectivity index (χ4v) is 1.88. The fourth-order valence-electron chi connectivity index (χ4n) is 1.12. The third kappa shape index (κ3) is 1.39. The van der Waals surface area contributed by atoms with Gasteiger partial charge in [0.05, 0.1) is 5.56 Å². The Morgan fingerprint density at radius 2 is 2.00 bits per heavy atom. The summed E-state index contributed by atoms with van der Waals surface area (Å²) in [6.07, 6.45) is -3.11. The first-order chi connectivity index (χ1) is 6.09. The van der Waals surface area contributed by atoms with Crippen molar-refractivity contribution in [3.05, 3.63) is 29.3 Å². The molecule has 0 unspecified atom stereocenters. The Bertz CT molecular complexity index is 432. The molecule has 0 aliphatic carbocycles. The van der Waals surface area contributed by atoms with E-state index in [1.807, 2.05) is 0 Å². The highest BCUT2D eigenvalue weighted by Gasteiger charge is 2.32. The van der Waals surface area contributed by atoms with Gasteiger partial charge >= 0.3 is 6.18 Å². The third-order valence-corrected chi connectivity index (χ3v) is 2.49. The molecular formula is C8H4F3NS. The summed E-state index contributed by atoms with van der Waals surface area (Å²) >= 11 is 1.21. The van der Waals surface area contributed by atoms with E-state index >= 15 is 0 Å². The maximum absolute atomic E-state index is 12.4. The van der Waals surface area contributed by atoms with Crippen molar-refractivity contribution in [2.75, 3.05) is 0 Å². The van der Waals surface area contributed by atoms with Crippen LogP contribution in [0.3, 0.4) is 0 Å². The van der Waals surface area contributed by atoms with Crippen molar-refractivity contribution in [3.8, 4) is 0 Å². The molecule has 0 bridgehead atoms. The first-order valence-electron chi connectivity index (χ1n) is 3.48. The normalized spacial score (nSPS) is 12.2. The molecule has 5 heteroatoms. The van der Waals surface area contributed by atoms with Crippen LogP contribution in [0.15, 0.2) is 23.7 Å². The highest BCUT2D eigenvalue weighted by atomic mass is 32.1. The number of thiophene rings is 1. The van der Waals surface area contributed by atoms with E-state index in [0.29, 0.717) is 4.83 Å². The number of aromatic nitrogens is 1. The van der Waals surface area contributed by atoms with Gasteiger partial charge in [-0.25, -0.2) is 4.98 Å². The maximum Gasteiger partial charge on any atom is 0.417 e. The Balaban J connectivity index is 2.75. The molecule has 0 N–H and O–H groups in total. The van der Waals surface area contributed by atoms with E-state index < -0.39 is 11.7 Å². The molecule has 0 aromatic carbocycles. The van der Waals surface area contributed by atoms with E-state index in [1.54, 1.807) is 5.38 Å². The molecule has 2 aromatic heterocycles. The summed E-state index contributed by atoms with van der Waals surface area (Å²) in [5.74, 6) is 0. The van der Waals surface area contributed by atoms with Gasteiger partial charge in [0, 0.05) is 11.6 Å². The lowest BCUT2D eigenvalue weighted by molar-refractivity contribution is -0.136. The Morgan fingerprint density at radius 3 is 2.69 bits per heavy atom. The zero-order valence-corrected chi connectivity index (χ0v) is 7.12. The van der Waals surface area contributed by atoms with E-state index in [9.17, 15) is 13.2 Å². The van der Waals surface area contributed by atoms with Gasteiger partial charge in [0.1, 0.15) is 4.83 Å². The van der Waals surface area contributed by atoms with Gasteiger partial charge in [-0.2, -0.15) is 13.2 Å². The SMILES string of the molecule is FC(F)(F)c1ccnc2sccc12. The van der Waals surface area contributed by atoms with Crippen molar-refractivity contribution in [2.45, 2.75) is 6.18 Å². The number of hydrogen-bond acceptors (Lipinski definition) is 2. The molecular weight excluding hydrogens is 199 g/mol. The zero-order valence-electron chi connectivity index (χ0n) is 6.30. The molecule has 2 rings (SSSR count). The summed E-state index contributed by atoms with van der Waals surface area (Å²) in [4.78, 5) is 4.26. The van der Waals surface area contributed by atoms with Crippen molar-refractivity contribution in [1.82, 2.24) is 4.98 Å². The summed E-state index contributed by atoms with van der Waals surface area (Å²) in [6.45, 7) is 0. The van der Waals surface area contributed by atoms with E-state index in [4.69, 9.17) is 0 Å². The number of alkyl halides is 3. The lowest BCUT2D eigenvalue weighted by Crippen LogP contribution is -2.05. The number of fused-ring (bicyclic) bond motifs is 1. The van der Waals surface area contributed by atoms with Gasteiger partial charge in [0.25, 0.3) is 0 Å². The average Bonchev–Trinajstić information content (AvgIpc) is 2.48. The Labute approximate surface area is 75.8 Å². The number of pyridine rings is 1. The second kappa shape index (κ2) is 2.70. The molecule has 0 aliphatic heterocycles. The molecule has 13 heavy (non-hydrogen) atoms. The highest BCUT2D eigenvalue weighted by Crippen LogP contribution is 2.35. The molecule has 2 aromatic rings. The molecule has 68 valence electrons. The van der Waals surface area contributed by atoms with Gasteiger partial charge in [0.2, 0.25) is 0 Å². The number of hydrogen-bond donors (Lipinski definition) is 0. The first kappa shape index (κ1) is 8.50. The van der Waals surface area contributed by atoms with Crippen LogP contribution in [0.1, 0.15) is 5.56 Å². The molecule has 0 atom stereocenters. The molecule has 2 heterocycles. The van der Waals surface area contributed by atoms with Crippen LogP contribution in [0.5, 0.6) is 0 Å². The van der Waals surface area contributed by atoms with Crippen LogP contribution >= 0.6 is 11.3 Å². The number of nitrogens with zero attached hydrogens (tertiary/aromatic N) is 1. The standard InChI is InChI=1S/C8H4F3NS/c9-8(10,11)6-1-3-12-7-5(6)2-4-13-7/h1-4H. The Morgan fingerprint density at radius 1 is 1.23 bits per heavy atom. The van der Waals surface area contributed by atoms with Crippen LogP contribution < -0.4 is 0 Å². The molecule has 0 saturated carbocycles. The minimum atomic E-state index is -4.29. The van der Waals surface area contributed by atoms with Crippen molar-refractivity contribution in [2.24, 2.45) is 0 Å². The van der Waals surface area contributed by atoms with Crippen LogP contribution in [-0.4, -0.2) is 4.98 Å². The Kier molecular flexibility index (Phi) is 1.76. The first-order valence-corrected chi connectivity index (χ1v) is 4.36. The van der Waals surface area contributed by atoms with E-state index in [-0.39, 0.29) is 5.39 Å².